The maximum Gasteiger partial charge on any atom is 0.123 e. The SMILES string of the molecule is Fc1ccc(N(c2ccc3ccccc3c2)c2ccc3c(-c4ccccc4)c4cc(N(c5ccc(F)cc5)c5ccc6ccccc6c5)ccc4c(-c4ccccc4)c3c2)cc1. The minimum absolute atomic E-state index is 0.283. The van der Waals surface area contributed by atoms with Gasteiger partial charge < -0.3 is 9.80 Å². The molecule has 0 saturated heterocycles. The standard InChI is InChI=1S/C58H38F2N2/c59-45-21-27-47(28-22-45)61(49-25-19-39-11-7-9-17-43(39)35-49)51-32-34-54-55(37-51)57(41-13-3-1-4-14-41)53-33-31-52(38-56(53)58(54)42-15-5-2-6-16-42)62(48-29-23-46(60)24-30-48)50-26-20-40-12-8-10-18-44(40)36-50/h1-38H. The van der Waals surface area contributed by atoms with Crippen LogP contribution in [0.25, 0.3) is 65.3 Å². The number of hydrogen-bond acceptors (Lipinski definition) is 2. The summed E-state index contributed by atoms with van der Waals surface area (Å²) in [6, 6.07) is 77.7. The van der Waals surface area contributed by atoms with Gasteiger partial charge in [0.2, 0.25) is 0 Å². The molecule has 0 N–H and O–H groups in total. The molecule has 0 atom stereocenters. The maximum atomic E-state index is 14.5. The van der Waals surface area contributed by atoms with E-state index < -0.39 is 0 Å². The molecule has 11 aromatic carbocycles. The molecule has 2 nitrogen and oxygen atoms in total. The number of halogens is 2. The van der Waals surface area contributed by atoms with Crippen LogP contribution < -0.4 is 9.80 Å². The Morgan fingerprint density at radius 1 is 0.242 bits per heavy atom. The van der Waals surface area contributed by atoms with Crippen LogP contribution in [0, 0.1) is 11.6 Å². The largest absolute Gasteiger partial charge is 0.310 e. The molecule has 0 bridgehead atoms. The van der Waals surface area contributed by atoms with E-state index in [9.17, 15) is 8.78 Å². The van der Waals surface area contributed by atoms with Crippen LogP contribution in [0.1, 0.15) is 0 Å². The number of benzene rings is 11. The quantitative estimate of drug-likeness (QED) is 0.141. The van der Waals surface area contributed by atoms with E-state index in [2.05, 4.69) is 192 Å². The van der Waals surface area contributed by atoms with Crippen molar-refractivity contribution in [1.82, 2.24) is 0 Å². The van der Waals surface area contributed by atoms with Gasteiger partial charge in [0.15, 0.2) is 0 Å². The Balaban J connectivity index is 1.20. The molecule has 0 fully saturated rings. The van der Waals surface area contributed by atoms with E-state index in [4.69, 9.17) is 0 Å². The lowest BCUT2D eigenvalue weighted by atomic mass is 9.85. The predicted octanol–water partition coefficient (Wildman–Crippen LogP) is 16.9. The average molecular weight is 801 g/mol. The smallest absolute Gasteiger partial charge is 0.123 e. The van der Waals surface area contributed by atoms with Crippen molar-refractivity contribution in [1.29, 1.82) is 0 Å². The molecule has 11 aromatic rings. The first-order valence-electron chi connectivity index (χ1n) is 20.8. The average Bonchev–Trinajstić information content (AvgIpc) is 3.32. The summed E-state index contributed by atoms with van der Waals surface area (Å²) in [5.41, 5.74) is 9.96. The normalized spacial score (nSPS) is 11.4. The summed E-state index contributed by atoms with van der Waals surface area (Å²) in [7, 11) is 0. The lowest BCUT2D eigenvalue weighted by Crippen LogP contribution is -2.10. The molecule has 62 heavy (non-hydrogen) atoms. The van der Waals surface area contributed by atoms with Crippen molar-refractivity contribution in [2.24, 2.45) is 0 Å². The molecule has 294 valence electrons. The van der Waals surface area contributed by atoms with E-state index in [1.165, 1.54) is 24.3 Å². The second-order valence-corrected chi connectivity index (χ2v) is 15.6. The van der Waals surface area contributed by atoms with Gasteiger partial charge >= 0.3 is 0 Å². The number of rotatable bonds is 8. The number of nitrogens with zero attached hydrogens (tertiary/aromatic N) is 2. The van der Waals surface area contributed by atoms with Crippen LogP contribution in [-0.4, -0.2) is 0 Å². The Kier molecular flexibility index (Phi) is 9.24. The molecule has 0 aromatic heterocycles. The Hall–Kier alpha value is -8.08. The first kappa shape index (κ1) is 37.0. The third kappa shape index (κ3) is 6.68. The van der Waals surface area contributed by atoms with Gasteiger partial charge in [-0.3, -0.25) is 0 Å². The summed E-state index contributed by atoms with van der Waals surface area (Å²) in [6.07, 6.45) is 0. The van der Waals surface area contributed by atoms with Crippen molar-refractivity contribution in [3.8, 4) is 22.3 Å². The lowest BCUT2D eigenvalue weighted by Gasteiger charge is -2.28. The molecule has 0 aliphatic carbocycles. The minimum atomic E-state index is -0.283. The van der Waals surface area contributed by atoms with Crippen LogP contribution >= 0.6 is 0 Å². The number of fused-ring (bicyclic) bond motifs is 4. The summed E-state index contributed by atoms with van der Waals surface area (Å²) in [4.78, 5) is 4.42. The van der Waals surface area contributed by atoms with Gasteiger partial charge in [-0.25, -0.2) is 8.78 Å². The summed E-state index contributed by atoms with van der Waals surface area (Å²) in [6.45, 7) is 0. The number of hydrogen-bond donors (Lipinski definition) is 0. The summed E-state index contributed by atoms with van der Waals surface area (Å²) >= 11 is 0. The second-order valence-electron chi connectivity index (χ2n) is 15.6. The van der Waals surface area contributed by atoms with Crippen molar-refractivity contribution in [2.45, 2.75) is 0 Å². The van der Waals surface area contributed by atoms with Crippen molar-refractivity contribution < 1.29 is 8.78 Å². The van der Waals surface area contributed by atoms with Crippen LogP contribution in [-0.2, 0) is 0 Å². The lowest BCUT2D eigenvalue weighted by molar-refractivity contribution is 0.627. The highest BCUT2D eigenvalue weighted by atomic mass is 19.1. The summed E-state index contributed by atoms with van der Waals surface area (Å²) in [5.74, 6) is -0.567. The molecule has 0 radical (unpaired) electrons. The molecule has 0 aliphatic rings. The van der Waals surface area contributed by atoms with Crippen LogP contribution in [0.5, 0.6) is 0 Å². The second kappa shape index (κ2) is 15.5. The van der Waals surface area contributed by atoms with Gasteiger partial charge in [0, 0.05) is 34.1 Å². The zero-order chi connectivity index (χ0) is 41.6. The minimum Gasteiger partial charge on any atom is -0.310 e. The fourth-order valence-electron chi connectivity index (χ4n) is 9.02. The zero-order valence-corrected chi connectivity index (χ0v) is 33.6. The Bertz CT molecular complexity index is 3190. The van der Waals surface area contributed by atoms with Gasteiger partial charge in [-0.1, -0.05) is 133 Å². The van der Waals surface area contributed by atoms with Gasteiger partial charge in [0.05, 0.1) is 0 Å². The third-order valence-corrected chi connectivity index (χ3v) is 11.9. The Morgan fingerprint density at radius 3 is 0.968 bits per heavy atom. The van der Waals surface area contributed by atoms with E-state index in [0.717, 1.165) is 99.5 Å². The molecule has 0 aliphatic heterocycles. The van der Waals surface area contributed by atoms with Gasteiger partial charge in [0.1, 0.15) is 11.6 Å². The van der Waals surface area contributed by atoms with E-state index in [1.807, 2.05) is 24.3 Å². The highest BCUT2D eigenvalue weighted by molar-refractivity contribution is 6.22. The van der Waals surface area contributed by atoms with E-state index >= 15 is 0 Å². The fraction of sp³-hybridized carbons (Fsp3) is 0. The highest BCUT2D eigenvalue weighted by Gasteiger charge is 2.22. The first-order valence-corrected chi connectivity index (χ1v) is 20.8. The van der Waals surface area contributed by atoms with Crippen molar-refractivity contribution >= 4 is 77.2 Å². The van der Waals surface area contributed by atoms with Crippen molar-refractivity contribution in [3.63, 3.8) is 0 Å². The Morgan fingerprint density at radius 2 is 0.565 bits per heavy atom. The molecule has 0 amide bonds. The van der Waals surface area contributed by atoms with Crippen LogP contribution in [0.3, 0.4) is 0 Å². The first-order chi connectivity index (χ1) is 30.6. The van der Waals surface area contributed by atoms with Gasteiger partial charge in [-0.15, -0.1) is 0 Å². The molecule has 0 saturated carbocycles. The topological polar surface area (TPSA) is 6.48 Å². The van der Waals surface area contributed by atoms with Crippen LogP contribution in [0.4, 0.5) is 42.9 Å². The fourth-order valence-corrected chi connectivity index (χ4v) is 9.02. The molecular formula is C58H38F2N2. The molecule has 11 rings (SSSR count). The monoisotopic (exact) mass is 800 g/mol. The summed E-state index contributed by atoms with van der Waals surface area (Å²) < 4.78 is 29.0. The zero-order valence-electron chi connectivity index (χ0n) is 33.6. The molecule has 0 heterocycles. The number of anilines is 6. The highest BCUT2D eigenvalue weighted by Crippen LogP contribution is 2.48. The van der Waals surface area contributed by atoms with Gasteiger partial charge in [-0.2, -0.15) is 0 Å². The van der Waals surface area contributed by atoms with Crippen molar-refractivity contribution in [3.05, 3.63) is 242 Å². The third-order valence-electron chi connectivity index (χ3n) is 11.9. The molecule has 0 unspecified atom stereocenters. The van der Waals surface area contributed by atoms with Crippen LogP contribution in [0.2, 0.25) is 0 Å². The van der Waals surface area contributed by atoms with E-state index in [0.29, 0.717) is 0 Å². The predicted molar refractivity (Wildman–Crippen MR) is 257 cm³/mol. The van der Waals surface area contributed by atoms with E-state index in [1.54, 1.807) is 0 Å². The summed E-state index contributed by atoms with van der Waals surface area (Å²) in [5, 5.41) is 8.91. The van der Waals surface area contributed by atoms with Gasteiger partial charge in [0.25, 0.3) is 0 Å². The molecule has 0 spiro atoms. The molecular weight excluding hydrogens is 763 g/mol. The maximum absolute atomic E-state index is 14.5. The van der Waals surface area contributed by atoms with Crippen LogP contribution in [0.15, 0.2) is 231 Å². The van der Waals surface area contributed by atoms with E-state index in [-0.39, 0.29) is 11.6 Å². The Labute approximate surface area is 358 Å². The van der Waals surface area contributed by atoms with Crippen molar-refractivity contribution in [2.75, 3.05) is 9.80 Å². The van der Waals surface area contributed by atoms with Gasteiger partial charge in [-0.05, 0) is 162 Å². The molecule has 4 heteroatoms.